The van der Waals surface area contributed by atoms with Gasteiger partial charge in [0.05, 0.1) is 5.56 Å². The summed E-state index contributed by atoms with van der Waals surface area (Å²) in [5, 5.41) is 9.22. The van der Waals surface area contributed by atoms with Gasteiger partial charge in [0.1, 0.15) is 5.69 Å². The SMILES string of the molecule is Cn1cc(C(=O)O)c2c1C(=O)C(=O)c1ccccc1-2. The number of hydrogen-bond acceptors (Lipinski definition) is 3. The van der Waals surface area contributed by atoms with E-state index in [-0.39, 0.29) is 16.8 Å². The molecule has 0 aliphatic heterocycles. The van der Waals surface area contributed by atoms with E-state index < -0.39 is 17.5 Å². The summed E-state index contributed by atoms with van der Waals surface area (Å²) in [5.74, 6) is -2.38. The van der Waals surface area contributed by atoms with E-state index >= 15 is 0 Å². The number of carboxylic acids is 1. The Morgan fingerprint density at radius 3 is 2.37 bits per heavy atom. The Morgan fingerprint density at radius 1 is 1.11 bits per heavy atom. The number of carbonyl (C=O) groups excluding carboxylic acids is 2. The summed E-state index contributed by atoms with van der Waals surface area (Å²) >= 11 is 0. The minimum atomic E-state index is -1.12. The van der Waals surface area contributed by atoms with Crippen LogP contribution in [0.3, 0.4) is 0 Å². The number of carboxylic acid groups (broad SMARTS) is 1. The summed E-state index contributed by atoms with van der Waals surface area (Å²) in [7, 11) is 1.56. The fourth-order valence-corrected chi connectivity index (χ4v) is 2.46. The van der Waals surface area contributed by atoms with E-state index in [9.17, 15) is 19.5 Å². The van der Waals surface area contributed by atoms with Crippen LogP contribution in [0, 0.1) is 0 Å². The van der Waals surface area contributed by atoms with Gasteiger partial charge in [-0.2, -0.15) is 0 Å². The van der Waals surface area contributed by atoms with Crippen molar-refractivity contribution >= 4 is 17.5 Å². The van der Waals surface area contributed by atoms with Gasteiger partial charge in [0.2, 0.25) is 5.78 Å². The van der Waals surface area contributed by atoms with Crippen molar-refractivity contribution in [2.45, 2.75) is 0 Å². The third kappa shape index (κ3) is 1.38. The minimum absolute atomic E-state index is 0.0331. The number of ketones is 2. The molecule has 0 saturated heterocycles. The number of hydrogen-bond donors (Lipinski definition) is 1. The van der Waals surface area contributed by atoms with Crippen LogP contribution in [0.25, 0.3) is 11.1 Å². The normalized spacial score (nSPS) is 13.1. The molecule has 0 bridgehead atoms. The van der Waals surface area contributed by atoms with Crippen molar-refractivity contribution in [3.63, 3.8) is 0 Å². The topological polar surface area (TPSA) is 76.4 Å². The van der Waals surface area contributed by atoms with E-state index in [1.807, 2.05) is 0 Å². The summed E-state index contributed by atoms with van der Waals surface area (Å²) in [5.41, 5.74) is 1.26. The van der Waals surface area contributed by atoms with E-state index in [0.29, 0.717) is 11.1 Å². The molecule has 1 aromatic heterocycles. The minimum Gasteiger partial charge on any atom is -0.478 e. The summed E-state index contributed by atoms with van der Waals surface area (Å²) in [6, 6.07) is 6.56. The predicted octanol–water partition coefficient (Wildman–Crippen LogP) is 1.77. The van der Waals surface area contributed by atoms with Gasteiger partial charge < -0.3 is 9.67 Å². The Hall–Kier alpha value is -2.69. The maximum Gasteiger partial charge on any atom is 0.337 e. The average Bonchev–Trinajstić information content (AvgIpc) is 2.74. The monoisotopic (exact) mass is 255 g/mol. The van der Waals surface area contributed by atoms with Crippen molar-refractivity contribution in [2.75, 3.05) is 0 Å². The number of aryl methyl sites for hydroxylation is 1. The molecule has 0 atom stereocenters. The molecule has 0 radical (unpaired) electrons. The highest BCUT2D eigenvalue weighted by Crippen LogP contribution is 2.36. The molecule has 1 aliphatic rings. The zero-order chi connectivity index (χ0) is 13.7. The Labute approximate surface area is 108 Å². The molecule has 1 N–H and O–H groups in total. The van der Waals surface area contributed by atoms with Gasteiger partial charge in [0.25, 0.3) is 5.78 Å². The van der Waals surface area contributed by atoms with Gasteiger partial charge >= 0.3 is 5.97 Å². The lowest BCUT2D eigenvalue weighted by atomic mass is 9.86. The molecule has 2 aromatic rings. The first-order valence-corrected chi connectivity index (χ1v) is 5.63. The lowest BCUT2D eigenvalue weighted by Crippen LogP contribution is -2.23. The van der Waals surface area contributed by atoms with Crippen LogP contribution in [0.5, 0.6) is 0 Å². The van der Waals surface area contributed by atoms with E-state index in [0.717, 1.165) is 0 Å². The maximum atomic E-state index is 12.1. The molecule has 1 aromatic carbocycles. The predicted molar refractivity (Wildman–Crippen MR) is 66.5 cm³/mol. The number of aromatic carboxylic acids is 1. The van der Waals surface area contributed by atoms with Gasteiger partial charge in [-0.05, 0) is 5.56 Å². The Morgan fingerprint density at radius 2 is 1.74 bits per heavy atom. The van der Waals surface area contributed by atoms with Gasteiger partial charge in [-0.25, -0.2) is 4.79 Å². The van der Waals surface area contributed by atoms with Gasteiger partial charge in [-0.15, -0.1) is 0 Å². The summed E-state index contributed by atoms with van der Waals surface area (Å²) in [6.45, 7) is 0. The Bertz CT molecular complexity index is 755. The van der Waals surface area contributed by atoms with Gasteiger partial charge in [0.15, 0.2) is 0 Å². The highest BCUT2D eigenvalue weighted by Gasteiger charge is 2.35. The highest BCUT2D eigenvalue weighted by molar-refractivity contribution is 6.53. The zero-order valence-corrected chi connectivity index (χ0v) is 10.0. The molecular weight excluding hydrogens is 246 g/mol. The fraction of sp³-hybridized carbons (Fsp3) is 0.0714. The first-order valence-electron chi connectivity index (χ1n) is 5.63. The summed E-state index contributed by atoms with van der Waals surface area (Å²) in [4.78, 5) is 35.3. The number of rotatable bonds is 1. The van der Waals surface area contributed by atoms with Crippen molar-refractivity contribution < 1.29 is 19.5 Å². The molecule has 0 fully saturated rings. The molecule has 1 heterocycles. The summed E-state index contributed by atoms with van der Waals surface area (Å²) in [6.07, 6.45) is 1.36. The first-order chi connectivity index (χ1) is 9.02. The van der Waals surface area contributed by atoms with Gasteiger partial charge in [0, 0.05) is 24.4 Å². The van der Waals surface area contributed by atoms with Crippen molar-refractivity contribution in [1.82, 2.24) is 4.57 Å². The standard InChI is InChI=1S/C14H9NO4/c1-15-6-9(14(18)19)10-7-4-2-3-5-8(7)12(16)13(17)11(10)15/h2-6H,1H3,(H,18,19). The van der Waals surface area contributed by atoms with E-state index in [1.165, 1.54) is 16.8 Å². The first kappa shape index (κ1) is 11.4. The number of Topliss-reactive ketones (excluding diaryl/α,β-unsaturated/α-hetero) is 2. The molecule has 3 rings (SSSR count). The second kappa shape index (κ2) is 3.65. The number of carbonyl (C=O) groups is 3. The molecule has 0 spiro atoms. The molecule has 0 amide bonds. The molecule has 5 heteroatoms. The third-order valence-electron chi connectivity index (χ3n) is 3.27. The highest BCUT2D eigenvalue weighted by atomic mass is 16.4. The van der Waals surface area contributed by atoms with E-state index in [2.05, 4.69) is 0 Å². The van der Waals surface area contributed by atoms with Crippen LogP contribution in [0.4, 0.5) is 0 Å². The van der Waals surface area contributed by atoms with E-state index in [4.69, 9.17) is 0 Å². The zero-order valence-electron chi connectivity index (χ0n) is 10.0. The number of benzene rings is 1. The molecule has 0 unspecified atom stereocenters. The van der Waals surface area contributed by atoms with Crippen molar-refractivity contribution in [3.8, 4) is 11.1 Å². The second-order valence-corrected chi connectivity index (χ2v) is 4.39. The lowest BCUT2D eigenvalue weighted by molar-refractivity contribution is 0.0697. The van der Waals surface area contributed by atoms with Crippen molar-refractivity contribution in [3.05, 3.63) is 47.3 Å². The molecular formula is C14H9NO4. The number of nitrogens with zero attached hydrogens (tertiary/aromatic N) is 1. The van der Waals surface area contributed by atoms with Crippen molar-refractivity contribution in [1.29, 1.82) is 0 Å². The molecule has 5 nitrogen and oxygen atoms in total. The largest absolute Gasteiger partial charge is 0.478 e. The van der Waals surface area contributed by atoms with Crippen LogP contribution in [0.15, 0.2) is 30.5 Å². The van der Waals surface area contributed by atoms with Crippen LogP contribution < -0.4 is 0 Å². The maximum absolute atomic E-state index is 12.1. The van der Waals surface area contributed by atoms with Crippen LogP contribution in [0.2, 0.25) is 0 Å². The average molecular weight is 255 g/mol. The molecule has 19 heavy (non-hydrogen) atoms. The summed E-state index contributed by atoms with van der Waals surface area (Å²) < 4.78 is 1.40. The second-order valence-electron chi connectivity index (χ2n) is 4.39. The number of fused-ring (bicyclic) bond motifs is 3. The third-order valence-corrected chi connectivity index (χ3v) is 3.27. The van der Waals surface area contributed by atoms with Crippen LogP contribution in [0.1, 0.15) is 31.2 Å². The Balaban J connectivity index is 2.46. The smallest absolute Gasteiger partial charge is 0.337 e. The Kier molecular flexibility index (Phi) is 2.19. The van der Waals surface area contributed by atoms with Crippen LogP contribution in [-0.2, 0) is 7.05 Å². The van der Waals surface area contributed by atoms with Crippen LogP contribution >= 0.6 is 0 Å². The van der Waals surface area contributed by atoms with Crippen LogP contribution in [-0.4, -0.2) is 27.2 Å². The van der Waals surface area contributed by atoms with E-state index in [1.54, 1.807) is 25.2 Å². The van der Waals surface area contributed by atoms with Crippen molar-refractivity contribution in [2.24, 2.45) is 7.05 Å². The fourth-order valence-electron chi connectivity index (χ4n) is 2.46. The number of aromatic nitrogens is 1. The van der Waals surface area contributed by atoms with Gasteiger partial charge in [-0.1, -0.05) is 24.3 Å². The molecule has 1 aliphatic carbocycles. The lowest BCUT2D eigenvalue weighted by Gasteiger charge is -2.16. The molecule has 0 saturated carbocycles. The quantitative estimate of drug-likeness (QED) is 0.788. The molecule has 94 valence electrons. The van der Waals surface area contributed by atoms with Gasteiger partial charge in [-0.3, -0.25) is 9.59 Å².